The van der Waals surface area contributed by atoms with Gasteiger partial charge in [0.1, 0.15) is 6.26 Å². The molecule has 1 saturated heterocycles. The summed E-state index contributed by atoms with van der Waals surface area (Å²) < 4.78 is 7.01. The van der Waals surface area contributed by atoms with Crippen molar-refractivity contribution in [3.8, 4) is 0 Å². The Kier molecular flexibility index (Phi) is 6.49. The molecule has 8 nitrogen and oxygen atoms in total. The summed E-state index contributed by atoms with van der Waals surface area (Å²) in [6.45, 7) is 12.9. The van der Waals surface area contributed by atoms with Gasteiger partial charge in [0.25, 0.3) is 0 Å². The van der Waals surface area contributed by atoms with Gasteiger partial charge in [0, 0.05) is 64.6 Å². The molecule has 1 aliphatic heterocycles. The van der Waals surface area contributed by atoms with E-state index in [1.807, 2.05) is 20.0 Å². The minimum Gasteiger partial charge on any atom is -0.364 e. The second kappa shape index (κ2) is 9.03. The predicted molar refractivity (Wildman–Crippen MR) is 106 cm³/mol. The first-order valence-electron chi connectivity index (χ1n) is 9.63. The quantitative estimate of drug-likeness (QED) is 0.611. The van der Waals surface area contributed by atoms with E-state index in [4.69, 9.17) is 4.52 Å². The van der Waals surface area contributed by atoms with Crippen molar-refractivity contribution in [1.29, 1.82) is 0 Å². The van der Waals surface area contributed by atoms with Crippen LogP contribution in [-0.2, 0) is 13.1 Å². The van der Waals surface area contributed by atoms with Gasteiger partial charge in [0.15, 0.2) is 5.96 Å². The molecule has 27 heavy (non-hydrogen) atoms. The zero-order chi connectivity index (χ0) is 19.2. The van der Waals surface area contributed by atoms with Crippen molar-refractivity contribution < 1.29 is 4.52 Å². The topological polar surface area (TPSA) is 74.7 Å². The molecule has 0 amide bonds. The molecule has 1 aliphatic rings. The van der Waals surface area contributed by atoms with E-state index in [9.17, 15) is 0 Å². The highest BCUT2D eigenvalue weighted by atomic mass is 16.5. The molecular weight excluding hydrogens is 342 g/mol. The van der Waals surface area contributed by atoms with Gasteiger partial charge in [-0.15, -0.1) is 0 Å². The second-order valence-electron chi connectivity index (χ2n) is 7.40. The SMILES string of the molecule is CN=C(NCC(C)Cn1nc(C)cc1C)N1CCN(Cc2ccon2)CC1. The van der Waals surface area contributed by atoms with Crippen molar-refractivity contribution in [3.63, 3.8) is 0 Å². The fraction of sp³-hybridized carbons (Fsp3) is 0.632. The maximum atomic E-state index is 4.92. The normalized spacial score (nSPS) is 17.3. The molecule has 0 radical (unpaired) electrons. The smallest absolute Gasteiger partial charge is 0.193 e. The van der Waals surface area contributed by atoms with Gasteiger partial charge in [-0.25, -0.2) is 0 Å². The monoisotopic (exact) mass is 373 g/mol. The Balaban J connectivity index is 1.43. The van der Waals surface area contributed by atoms with Gasteiger partial charge in [-0.1, -0.05) is 12.1 Å². The summed E-state index contributed by atoms with van der Waals surface area (Å²) >= 11 is 0. The molecular formula is C19H31N7O. The van der Waals surface area contributed by atoms with E-state index in [-0.39, 0.29) is 0 Å². The molecule has 0 spiro atoms. The van der Waals surface area contributed by atoms with E-state index in [1.54, 1.807) is 6.26 Å². The van der Waals surface area contributed by atoms with E-state index in [2.05, 4.69) is 55.0 Å². The minimum atomic E-state index is 0.466. The van der Waals surface area contributed by atoms with E-state index < -0.39 is 0 Å². The number of nitrogens with zero attached hydrogens (tertiary/aromatic N) is 6. The van der Waals surface area contributed by atoms with Crippen LogP contribution in [0.5, 0.6) is 0 Å². The Bertz CT molecular complexity index is 729. The number of aryl methyl sites for hydroxylation is 2. The highest BCUT2D eigenvalue weighted by Gasteiger charge is 2.20. The summed E-state index contributed by atoms with van der Waals surface area (Å²) in [6.07, 6.45) is 1.63. The first-order valence-corrected chi connectivity index (χ1v) is 9.63. The zero-order valence-electron chi connectivity index (χ0n) is 16.9. The molecule has 148 valence electrons. The van der Waals surface area contributed by atoms with Crippen LogP contribution >= 0.6 is 0 Å². The fourth-order valence-corrected chi connectivity index (χ4v) is 3.48. The highest BCUT2D eigenvalue weighted by Crippen LogP contribution is 2.09. The van der Waals surface area contributed by atoms with E-state index >= 15 is 0 Å². The average molecular weight is 374 g/mol. The maximum absolute atomic E-state index is 4.92. The molecule has 1 unspecified atom stereocenters. The van der Waals surface area contributed by atoms with Gasteiger partial charge >= 0.3 is 0 Å². The largest absolute Gasteiger partial charge is 0.364 e. The van der Waals surface area contributed by atoms with Crippen LogP contribution in [0.3, 0.4) is 0 Å². The third kappa shape index (κ3) is 5.32. The van der Waals surface area contributed by atoms with Gasteiger partial charge in [-0.2, -0.15) is 5.10 Å². The molecule has 1 fully saturated rings. The summed E-state index contributed by atoms with van der Waals surface area (Å²) in [7, 11) is 1.86. The third-order valence-electron chi connectivity index (χ3n) is 4.96. The summed E-state index contributed by atoms with van der Waals surface area (Å²) in [5.74, 6) is 1.45. The van der Waals surface area contributed by atoms with Crippen LogP contribution in [-0.4, -0.2) is 70.5 Å². The van der Waals surface area contributed by atoms with Crippen molar-refractivity contribution in [3.05, 3.63) is 35.5 Å². The first kappa shape index (κ1) is 19.4. The lowest BCUT2D eigenvalue weighted by Crippen LogP contribution is -2.52. The molecule has 0 aliphatic carbocycles. The molecule has 0 saturated carbocycles. The van der Waals surface area contributed by atoms with Crippen molar-refractivity contribution in [1.82, 2.24) is 30.1 Å². The Morgan fingerprint density at radius 1 is 1.30 bits per heavy atom. The third-order valence-corrected chi connectivity index (χ3v) is 4.96. The van der Waals surface area contributed by atoms with Crippen LogP contribution < -0.4 is 5.32 Å². The van der Waals surface area contributed by atoms with Gasteiger partial charge in [0.2, 0.25) is 0 Å². The number of hydrogen-bond acceptors (Lipinski definition) is 5. The van der Waals surface area contributed by atoms with Crippen molar-refractivity contribution in [2.24, 2.45) is 10.9 Å². The molecule has 0 bridgehead atoms. The van der Waals surface area contributed by atoms with Crippen LogP contribution in [0, 0.1) is 19.8 Å². The van der Waals surface area contributed by atoms with Crippen molar-refractivity contribution >= 4 is 5.96 Å². The number of aromatic nitrogens is 3. The Labute approximate surface area is 161 Å². The Hall–Kier alpha value is -2.35. The molecule has 3 rings (SSSR count). The number of aliphatic imine (C=N–C) groups is 1. The van der Waals surface area contributed by atoms with Crippen LogP contribution in [0.25, 0.3) is 0 Å². The summed E-state index contributed by atoms with van der Waals surface area (Å²) in [5.41, 5.74) is 3.28. The second-order valence-corrected chi connectivity index (χ2v) is 7.40. The van der Waals surface area contributed by atoms with Crippen molar-refractivity contribution in [2.75, 3.05) is 39.8 Å². The molecule has 3 heterocycles. The lowest BCUT2D eigenvalue weighted by atomic mass is 10.2. The predicted octanol–water partition coefficient (Wildman–Crippen LogP) is 1.52. The molecule has 2 aromatic heterocycles. The first-order chi connectivity index (χ1) is 13.0. The van der Waals surface area contributed by atoms with Gasteiger partial charge in [-0.3, -0.25) is 14.6 Å². The van der Waals surface area contributed by atoms with Crippen LogP contribution in [0.1, 0.15) is 24.0 Å². The van der Waals surface area contributed by atoms with E-state index in [0.717, 1.165) is 63.2 Å². The molecule has 2 aromatic rings. The lowest BCUT2D eigenvalue weighted by molar-refractivity contribution is 0.168. The van der Waals surface area contributed by atoms with Gasteiger partial charge in [-0.05, 0) is 25.8 Å². The van der Waals surface area contributed by atoms with Crippen LogP contribution in [0.2, 0.25) is 0 Å². The summed E-state index contributed by atoms with van der Waals surface area (Å²) in [4.78, 5) is 9.20. The fourth-order valence-electron chi connectivity index (χ4n) is 3.48. The van der Waals surface area contributed by atoms with Crippen LogP contribution in [0.4, 0.5) is 0 Å². The zero-order valence-corrected chi connectivity index (χ0v) is 16.9. The summed E-state index contributed by atoms with van der Waals surface area (Å²) in [6, 6.07) is 4.05. The maximum Gasteiger partial charge on any atom is 0.193 e. The van der Waals surface area contributed by atoms with E-state index in [1.165, 1.54) is 5.69 Å². The Morgan fingerprint density at radius 2 is 2.07 bits per heavy atom. The highest BCUT2D eigenvalue weighted by molar-refractivity contribution is 5.80. The molecule has 1 atom stereocenters. The minimum absolute atomic E-state index is 0.466. The summed E-state index contributed by atoms with van der Waals surface area (Å²) in [5, 5.41) is 12.1. The molecule has 8 heteroatoms. The molecule has 0 aromatic carbocycles. The number of hydrogen-bond donors (Lipinski definition) is 1. The van der Waals surface area contributed by atoms with Crippen LogP contribution in [0.15, 0.2) is 27.9 Å². The number of nitrogens with one attached hydrogen (secondary N) is 1. The average Bonchev–Trinajstić information content (AvgIpc) is 3.26. The number of guanidine groups is 1. The van der Waals surface area contributed by atoms with Gasteiger partial charge < -0.3 is 14.7 Å². The molecule has 1 N–H and O–H groups in total. The number of rotatable bonds is 6. The lowest BCUT2D eigenvalue weighted by Gasteiger charge is -2.36. The number of piperazine rings is 1. The Morgan fingerprint density at radius 3 is 2.67 bits per heavy atom. The van der Waals surface area contributed by atoms with Crippen molar-refractivity contribution in [2.45, 2.75) is 33.9 Å². The standard InChI is InChI=1S/C19H31N7O/c1-15(13-26-17(3)11-16(2)22-26)12-21-19(20-4)25-8-6-24(7-9-25)14-18-5-10-27-23-18/h5,10-11,15H,6-9,12-14H2,1-4H3,(H,20,21). The van der Waals surface area contributed by atoms with Gasteiger partial charge in [0.05, 0.1) is 11.4 Å². The van der Waals surface area contributed by atoms with E-state index in [0.29, 0.717) is 5.92 Å².